The van der Waals surface area contributed by atoms with Gasteiger partial charge >= 0.3 is 102 Å². The molecule has 3 aromatic rings. The normalized spacial score (nSPS) is 23.6. The molecule has 6 atom stereocenters. The largest absolute Gasteiger partial charge is 1.00 e. The van der Waals surface area contributed by atoms with Gasteiger partial charge in [-0.25, -0.2) is 18.1 Å². The number of phosphoric ester groups is 1. The summed E-state index contributed by atoms with van der Waals surface area (Å²) in [7, 11) is -11.0. The van der Waals surface area contributed by atoms with Gasteiger partial charge in [-0.2, -0.15) is 0 Å². The van der Waals surface area contributed by atoms with Gasteiger partial charge in [0, 0.05) is 23.7 Å². The van der Waals surface area contributed by atoms with Crippen molar-refractivity contribution < 1.29 is 148 Å². The molecule has 16 nitrogen and oxygen atoms in total. The molecule has 3 unspecified atom stereocenters. The summed E-state index contributed by atoms with van der Waals surface area (Å²) in [5.41, 5.74) is -1.58. The standard InChI is InChI=1S/C17H18FN3O13P2.3Na.2H/c18-8-1-2-9-10(19-33-11(9)5-8)6-21-13(22)3-4-20(17(21)25)16-15(24)14(23)12(32-16)7-31-36(29,30)34-35(26,27)28;;;;;/h1-5,12,14-16,23-24H,6-7H2,(H,29,30)(H2,26,27,28);;;;;/q;3*+1;2*-1/p-1/t12-,14+,15?,16-;;;;;/m1...../s1. The Bertz CT molecular complexity index is 1520. The summed E-state index contributed by atoms with van der Waals surface area (Å²) in [6.07, 6.45) is -5.81. The number of aliphatic hydroxyl groups is 2. The second kappa shape index (κ2) is 14.8. The molecule has 1 fully saturated rings. The van der Waals surface area contributed by atoms with Crippen LogP contribution in [0.1, 0.15) is 14.8 Å². The van der Waals surface area contributed by atoms with E-state index in [4.69, 9.17) is 14.2 Å². The zero-order valence-electron chi connectivity index (χ0n) is 22.7. The van der Waals surface area contributed by atoms with Crippen LogP contribution in [0.3, 0.4) is 0 Å². The fourth-order valence-electron chi connectivity index (χ4n) is 3.52. The molecule has 0 radical (unpaired) electrons. The minimum Gasteiger partial charge on any atom is -1.00 e. The Morgan fingerprint density at radius 3 is 2.44 bits per heavy atom. The molecule has 1 saturated heterocycles. The molecular weight excluding hydrogens is 604 g/mol. The fraction of sp³-hybridized carbons (Fsp3) is 0.353. The van der Waals surface area contributed by atoms with E-state index >= 15 is 0 Å². The van der Waals surface area contributed by atoms with E-state index in [0.717, 1.165) is 29.0 Å². The molecule has 4 rings (SSSR count). The van der Waals surface area contributed by atoms with Crippen molar-refractivity contribution in [2.45, 2.75) is 31.1 Å². The number of hydrogen-bond donors (Lipinski definition) is 4. The third-order valence-electron chi connectivity index (χ3n) is 5.13. The van der Waals surface area contributed by atoms with Gasteiger partial charge in [-0.3, -0.25) is 23.0 Å². The quantitative estimate of drug-likeness (QED) is 0.135. The van der Waals surface area contributed by atoms with Crippen molar-refractivity contribution in [3.05, 3.63) is 62.8 Å². The number of hydrogen-bond acceptors (Lipinski definition) is 12. The van der Waals surface area contributed by atoms with Crippen LogP contribution in [0.2, 0.25) is 0 Å². The third-order valence-corrected chi connectivity index (χ3v) is 7.26. The molecule has 1 aliphatic rings. The number of rotatable bonds is 8. The SMILES string of the molecule is O=c1ccn([C@@H]2O[C@H](COP(=O)(O)OP(=O)([O-])O)[C@H](O)C2O)c(=O)n1Cc1noc2cc(F)ccc12.[H-].[H-].[Na+].[Na+].[Na+]. The number of halogens is 1. The van der Waals surface area contributed by atoms with Gasteiger partial charge in [-0.05, 0) is 12.1 Å². The molecule has 0 bridgehead atoms. The number of nitrogens with zero attached hydrogens (tertiary/aromatic N) is 3. The van der Waals surface area contributed by atoms with E-state index in [1.165, 1.54) is 6.07 Å². The summed E-state index contributed by atoms with van der Waals surface area (Å²) in [6, 6.07) is 4.50. The molecule has 0 spiro atoms. The van der Waals surface area contributed by atoms with Crippen LogP contribution < -0.4 is 105 Å². The van der Waals surface area contributed by atoms with Crippen LogP contribution >= 0.6 is 15.6 Å². The van der Waals surface area contributed by atoms with E-state index in [1.54, 1.807) is 0 Å². The molecule has 2 aromatic heterocycles. The molecule has 1 aromatic carbocycles. The molecule has 0 saturated carbocycles. The predicted octanol–water partition coefficient (Wildman–Crippen LogP) is -10.2. The molecule has 1 aliphatic heterocycles. The minimum atomic E-state index is -5.64. The van der Waals surface area contributed by atoms with Crippen LogP contribution in [0.15, 0.2) is 44.6 Å². The van der Waals surface area contributed by atoms with E-state index in [9.17, 15) is 43.1 Å². The summed E-state index contributed by atoms with van der Waals surface area (Å²) in [6.45, 7) is -1.41. The maximum Gasteiger partial charge on any atom is 1.00 e. The van der Waals surface area contributed by atoms with Gasteiger partial charge in [0.1, 0.15) is 29.8 Å². The van der Waals surface area contributed by atoms with Crippen molar-refractivity contribution in [2.24, 2.45) is 0 Å². The Morgan fingerprint density at radius 2 is 1.79 bits per heavy atom. The van der Waals surface area contributed by atoms with Crippen molar-refractivity contribution in [2.75, 3.05) is 6.61 Å². The molecule has 39 heavy (non-hydrogen) atoms. The molecule has 200 valence electrons. The Kier molecular flexibility index (Phi) is 14.2. The number of phosphoric acid groups is 2. The average molecular weight is 623 g/mol. The molecular formula is C17H19FN3Na3O13P2. The van der Waals surface area contributed by atoms with Crippen molar-refractivity contribution in [3.8, 4) is 0 Å². The van der Waals surface area contributed by atoms with Gasteiger partial charge in [0.15, 0.2) is 11.8 Å². The van der Waals surface area contributed by atoms with Crippen molar-refractivity contribution in [3.63, 3.8) is 0 Å². The Morgan fingerprint density at radius 1 is 1.13 bits per heavy atom. The van der Waals surface area contributed by atoms with Crippen LogP contribution in [0.4, 0.5) is 4.39 Å². The molecule has 22 heteroatoms. The second-order valence-electron chi connectivity index (χ2n) is 7.56. The van der Waals surface area contributed by atoms with Gasteiger partial charge in [-0.15, -0.1) is 0 Å². The first-order valence-corrected chi connectivity index (χ1v) is 12.8. The van der Waals surface area contributed by atoms with E-state index in [1.807, 2.05) is 0 Å². The van der Waals surface area contributed by atoms with Crippen molar-refractivity contribution in [1.29, 1.82) is 0 Å². The Balaban J connectivity index is 0. The average Bonchev–Trinajstić information content (AvgIpc) is 3.28. The van der Waals surface area contributed by atoms with Crippen LogP contribution in [0, 0.1) is 5.82 Å². The van der Waals surface area contributed by atoms with Crippen LogP contribution in [-0.2, 0) is 29.2 Å². The van der Waals surface area contributed by atoms with E-state index in [-0.39, 0.29) is 103 Å². The first kappa shape index (κ1) is 37.5. The third kappa shape index (κ3) is 8.97. The fourth-order valence-corrected chi connectivity index (χ4v) is 5.08. The topological polar surface area (TPSA) is 236 Å². The minimum absolute atomic E-state index is 0. The Hall–Kier alpha value is 0.440. The summed E-state index contributed by atoms with van der Waals surface area (Å²) in [5.74, 6) is -0.587. The van der Waals surface area contributed by atoms with Gasteiger partial charge < -0.3 is 37.0 Å². The van der Waals surface area contributed by atoms with Gasteiger partial charge in [0.05, 0.1) is 13.2 Å². The molecule has 0 aliphatic carbocycles. The summed E-state index contributed by atoms with van der Waals surface area (Å²) >= 11 is 0. The number of aromatic nitrogens is 3. The van der Waals surface area contributed by atoms with Crippen LogP contribution in [0.5, 0.6) is 0 Å². The number of benzene rings is 1. The summed E-state index contributed by atoms with van der Waals surface area (Å²) in [5, 5.41) is 24.7. The maximum atomic E-state index is 13.4. The molecule has 4 N–H and O–H groups in total. The molecule has 0 amide bonds. The molecule has 3 heterocycles. The van der Waals surface area contributed by atoms with Crippen LogP contribution in [0.25, 0.3) is 11.0 Å². The summed E-state index contributed by atoms with van der Waals surface area (Å²) in [4.78, 5) is 53.9. The van der Waals surface area contributed by atoms with Gasteiger partial charge in [-0.1, -0.05) is 5.16 Å². The first-order valence-electron chi connectivity index (χ1n) is 9.85. The first-order chi connectivity index (χ1) is 16.8. The number of ether oxygens (including phenoxy) is 1. The summed E-state index contributed by atoms with van der Waals surface area (Å²) < 4.78 is 55.3. The van der Waals surface area contributed by atoms with E-state index in [2.05, 4.69) is 14.0 Å². The predicted molar refractivity (Wildman–Crippen MR) is 113 cm³/mol. The van der Waals surface area contributed by atoms with Crippen molar-refractivity contribution in [1.82, 2.24) is 14.3 Å². The van der Waals surface area contributed by atoms with Crippen molar-refractivity contribution >= 4 is 26.6 Å². The maximum absolute atomic E-state index is 13.4. The van der Waals surface area contributed by atoms with Crippen LogP contribution in [-0.4, -0.2) is 59.2 Å². The van der Waals surface area contributed by atoms with Gasteiger partial charge in [0.2, 0.25) is 0 Å². The number of fused-ring (bicyclic) bond motifs is 1. The zero-order valence-corrected chi connectivity index (χ0v) is 28.5. The zero-order chi connectivity index (χ0) is 26.4. The van der Waals surface area contributed by atoms with Gasteiger partial charge in [0.25, 0.3) is 13.4 Å². The van der Waals surface area contributed by atoms with E-state index < -0.39 is 70.4 Å². The Labute approximate surface area is 286 Å². The monoisotopic (exact) mass is 623 g/mol. The number of aliphatic hydroxyl groups excluding tert-OH is 2. The second-order valence-corrected chi connectivity index (χ2v) is 10.3. The smallest absolute Gasteiger partial charge is 1.00 e. The van der Waals surface area contributed by atoms with E-state index in [0.29, 0.717) is 9.95 Å².